The number of aromatic nitrogens is 2. The van der Waals surface area contributed by atoms with Gasteiger partial charge in [0, 0.05) is 6.54 Å². The summed E-state index contributed by atoms with van der Waals surface area (Å²) in [5.74, 6) is 0.481. The maximum absolute atomic E-state index is 12.0. The topological polar surface area (TPSA) is 59.0 Å². The molecule has 0 spiro atoms. The number of hydrogen-bond donors (Lipinski definition) is 2. The number of anilines is 1. The highest BCUT2D eigenvalue weighted by atomic mass is 79.9. The third-order valence-corrected chi connectivity index (χ3v) is 3.39. The van der Waals surface area contributed by atoms with E-state index in [1.807, 2.05) is 20.9 Å². The predicted molar refractivity (Wildman–Crippen MR) is 78.2 cm³/mol. The van der Waals surface area contributed by atoms with Crippen LogP contribution in [-0.4, -0.2) is 29.9 Å². The van der Waals surface area contributed by atoms with E-state index in [1.54, 1.807) is 6.20 Å². The molecule has 0 aromatic carbocycles. The fraction of sp³-hybridized carbons (Fsp3) is 0.667. The van der Waals surface area contributed by atoms with Gasteiger partial charge in [0.25, 0.3) is 5.56 Å². The Labute approximate surface area is 116 Å². The Bertz CT molecular complexity index is 444. The first kappa shape index (κ1) is 15.2. The molecular weight excluding hydrogens is 296 g/mol. The first-order chi connectivity index (χ1) is 8.47. The van der Waals surface area contributed by atoms with Crippen molar-refractivity contribution in [1.82, 2.24) is 15.1 Å². The zero-order valence-corrected chi connectivity index (χ0v) is 12.9. The number of nitrogens with one attached hydrogen (secondary N) is 2. The average molecular weight is 317 g/mol. The molecule has 18 heavy (non-hydrogen) atoms. The highest BCUT2D eigenvalue weighted by molar-refractivity contribution is 9.10. The highest BCUT2D eigenvalue weighted by Gasteiger charge is 2.11. The molecule has 6 heteroatoms. The van der Waals surface area contributed by atoms with E-state index in [9.17, 15) is 4.79 Å². The lowest BCUT2D eigenvalue weighted by atomic mass is 10.2. The van der Waals surface area contributed by atoms with Gasteiger partial charge in [-0.25, -0.2) is 4.68 Å². The van der Waals surface area contributed by atoms with Crippen molar-refractivity contribution in [3.63, 3.8) is 0 Å². The molecule has 0 bridgehead atoms. The molecule has 1 rings (SSSR count). The molecule has 0 radical (unpaired) electrons. The molecule has 1 heterocycles. The van der Waals surface area contributed by atoms with Crippen LogP contribution in [0, 0.1) is 5.92 Å². The Morgan fingerprint density at radius 3 is 2.61 bits per heavy atom. The summed E-state index contributed by atoms with van der Waals surface area (Å²) < 4.78 is 2.01. The van der Waals surface area contributed by atoms with Crippen molar-refractivity contribution in [3.8, 4) is 0 Å². The lowest BCUT2D eigenvalue weighted by Gasteiger charge is -2.15. The molecule has 1 atom stereocenters. The molecule has 1 aromatic heterocycles. The summed E-state index contributed by atoms with van der Waals surface area (Å²) in [6, 6.07) is 0.0612. The molecule has 102 valence electrons. The number of nitrogens with zero attached hydrogens (tertiary/aromatic N) is 2. The fourth-order valence-electron chi connectivity index (χ4n) is 1.64. The van der Waals surface area contributed by atoms with E-state index in [-0.39, 0.29) is 11.6 Å². The van der Waals surface area contributed by atoms with Crippen molar-refractivity contribution in [3.05, 3.63) is 21.0 Å². The van der Waals surface area contributed by atoms with E-state index in [1.165, 1.54) is 4.68 Å². The van der Waals surface area contributed by atoms with Crippen molar-refractivity contribution in [2.75, 3.05) is 25.5 Å². The Morgan fingerprint density at radius 2 is 2.06 bits per heavy atom. The number of hydrogen-bond acceptors (Lipinski definition) is 4. The van der Waals surface area contributed by atoms with E-state index in [0.717, 1.165) is 18.8 Å². The average Bonchev–Trinajstić information content (AvgIpc) is 2.31. The lowest BCUT2D eigenvalue weighted by Crippen LogP contribution is -2.27. The normalized spacial score (nSPS) is 12.8. The quantitative estimate of drug-likeness (QED) is 0.841. The molecule has 0 saturated carbocycles. The first-order valence-corrected chi connectivity index (χ1v) is 6.92. The minimum Gasteiger partial charge on any atom is -0.382 e. The summed E-state index contributed by atoms with van der Waals surface area (Å²) in [5, 5.41) is 10.5. The molecule has 2 N–H and O–H groups in total. The van der Waals surface area contributed by atoms with Gasteiger partial charge in [-0.3, -0.25) is 4.79 Å². The molecule has 5 nitrogen and oxygen atoms in total. The van der Waals surface area contributed by atoms with Gasteiger partial charge in [0.05, 0.1) is 17.9 Å². The fourth-order valence-corrected chi connectivity index (χ4v) is 2.06. The summed E-state index contributed by atoms with van der Waals surface area (Å²) in [4.78, 5) is 12.0. The second kappa shape index (κ2) is 6.89. The van der Waals surface area contributed by atoms with Crippen LogP contribution in [0.4, 0.5) is 5.69 Å². The second-order valence-corrected chi connectivity index (χ2v) is 5.55. The van der Waals surface area contributed by atoms with Gasteiger partial charge >= 0.3 is 0 Å². The maximum atomic E-state index is 12.0. The molecule has 1 aromatic rings. The van der Waals surface area contributed by atoms with Crippen LogP contribution in [0.1, 0.15) is 26.8 Å². The molecule has 0 aliphatic heterocycles. The van der Waals surface area contributed by atoms with E-state index < -0.39 is 0 Å². The van der Waals surface area contributed by atoms with Gasteiger partial charge in [0.15, 0.2) is 0 Å². The van der Waals surface area contributed by atoms with Crippen LogP contribution in [0.15, 0.2) is 15.5 Å². The number of halogens is 1. The van der Waals surface area contributed by atoms with E-state index in [4.69, 9.17) is 0 Å². The summed E-state index contributed by atoms with van der Waals surface area (Å²) in [5.41, 5.74) is 0.649. The Morgan fingerprint density at radius 1 is 1.39 bits per heavy atom. The Hall–Kier alpha value is -0.880. The summed E-state index contributed by atoms with van der Waals surface area (Å²) >= 11 is 3.34. The van der Waals surface area contributed by atoms with Crippen LogP contribution < -0.4 is 16.2 Å². The smallest absolute Gasteiger partial charge is 0.283 e. The third-order valence-electron chi connectivity index (χ3n) is 2.63. The lowest BCUT2D eigenvalue weighted by molar-refractivity contribution is 0.500. The summed E-state index contributed by atoms with van der Waals surface area (Å²) in [6.45, 7) is 7.74. The van der Waals surface area contributed by atoms with Gasteiger partial charge in [0.1, 0.15) is 4.47 Å². The van der Waals surface area contributed by atoms with Gasteiger partial charge in [-0.15, -0.1) is 0 Å². The number of rotatable bonds is 6. The van der Waals surface area contributed by atoms with E-state index >= 15 is 0 Å². The van der Waals surface area contributed by atoms with Crippen LogP contribution >= 0.6 is 15.9 Å². The standard InChI is InChI=1S/C12H21BrN4O/c1-8(2)17-12(18)11(13)10(7-16-17)15-6-9(3)5-14-4/h7-9,14-15H,5-6H2,1-4H3. The van der Waals surface area contributed by atoms with Crippen LogP contribution in [0.2, 0.25) is 0 Å². The van der Waals surface area contributed by atoms with Crippen LogP contribution in [0.25, 0.3) is 0 Å². The Balaban J connectivity index is 2.80. The van der Waals surface area contributed by atoms with Crippen LogP contribution in [-0.2, 0) is 0 Å². The minimum atomic E-state index is -0.101. The molecule has 0 aliphatic carbocycles. The first-order valence-electron chi connectivity index (χ1n) is 6.13. The van der Waals surface area contributed by atoms with Crippen LogP contribution in [0.3, 0.4) is 0 Å². The monoisotopic (exact) mass is 316 g/mol. The van der Waals surface area contributed by atoms with Gasteiger partial charge in [0.2, 0.25) is 0 Å². The van der Waals surface area contributed by atoms with Crippen molar-refractivity contribution in [2.24, 2.45) is 5.92 Å². The Kier molecular flexibility index (Phi) is 5.81. The van der Waals surface area contributed by atoms with Gasteiger partial charge in [-0.1, -0.05) is 6.92 Å². The molecule has 1 unspecified atom stereocenters. The SMILES string of the molecule is CNCC(C)CNc1cnn(C(C)C)c(=O)c1Br. The zero-order chi connectivity index (χ0) is 13.7. The van der Waals surface area contributed by atoms with Gasteiger partial charge in [-0.2, -0.15) is 5.10 Å². The highest BCUT2D eigenvalue weighted by Crippen LogP contribution is 2.17. The second-order valence-electron chi connectivity index (χ2n) is 4.76. The largest absolute Gasteiger partial charge is 0.382 e. The van der Waals surface area contributed by atoms with E-state index in [2.05, 4.69) is 38.6 Å². The molecule has 0 aliphatic rings. The van der Waals surface area contributed by atoms with E-state index in [0.29, 0.717) is 10.4 Å². The predicted octanol–water partition coefficient (Wildman–Crippen LogP) is 1.85. The summed E-state index contributed by atoms with van der Waals surface area (Å²) in [7, 11) is 1.93. The zero-order valence-electron chi connectivity index (χ0n) is 11.3. The summed E-state index contributed by atoms with van der Waals surface area (Å²) in [6.07, 6.45) is 1.69. The molecule has 0 amide bonds. The molecule has 0 saturated heterocycles. The molecule has 0 fully saturated rings. The van der Waals surface area contributed by atoms with Gasteiger partial charge < -0.3 is 10.6 Å². The van der Waals surface area contributed by atoms with Crippen molar-refractivity contribution in [2.45, 2.75) is 26.8 Å². The third kappa shape index (κ3) is 3.81. The van der Waals surface area contributed by atoms with Crippen LogP contribution in [0.5, 0.6) is 0 Å². The van der Waals surface area contributed by atoms with Crippen molar-refractivity contribution >= 4 is 21.6 Å². The van der Waals surface area contributed by atoms with Crippen molar-refractivity contribution < 1.29 is 0 Å². The molecular formula is C12H21BrN4O. The maximum Gasteiger partial charge on any atom is 0.283 e. The minimum absolute atomic E-state index is 0.0612. The van der Waals surface area contributed by atoms with Crippen molar-refractivity contribution in [1.29, 1.82) is 0 Å². The van der Waals surface area contributed by atoms with Gasteiger partial charge in [-0.05, 0) is 49.3 Å².